The summed E-state index contributed by atoms with van der Waals surface area (Å²) < 4.78 is 39.7. The smallest absolute Gasteiger partial charge is 0.387 e. The third-order valence-corrected chi connectivity index (χ3v) is 3.90. The van der Waals surface area contributed by atoms with Gasteiger partial charge < -0.3 is 14.2 Å². The van der Waals surface area contributed by atoms with E-state index in [0.29, 0.717) is 16.9 Å². The fraction of sp³-hybridized carbons (Fsp3) is 0.286. The highest BCUT2D eigenvalue weighted by Crippen LogP contribution is 2.23. The third kappa shape index (κ3) is 6.38. The van der Waals surface area contributed by atoms with Crippen LogP contribution in [0.25, 0.3) is 0 Å². The van der Waals surface area contributed by atoms with Crippen LogP contribution in [-0.2, 0) is 9.53 Å². The average Bonchev–Trinajstić information content (AvgIpc) is 2.67. The second-order valence-corrected chi connectivity index (χ2v) is 6.25. The van der Waals surface area contributed by atoms with Gasteiger partial charge in [-0.25, -0.2) is 4.79 Å². The number of halogens is 2. The summed E-state index contributed by atoms with van der Waals surface area (Å²) in [6, 6.07) is 10.3. The Kier molecular flexibility index (Phi) is 7.41. The summed E-state index contributed by atoms with van der Waals surface area (Å²) in [6.07, 6.45) is -1.03. The van der Waals surface area contributed by atoms with Gasteiger partial charge in [-0.1, -0.05) is 11.6 Å². The Morgan fingerprint density at radius 2 is 1.66 bits per heavy atom. The van der Waals surface area contributed by atoms with Crippen LogP contribution in [0.3, 0.4) is 0 Å². The van der Waals surface area contributed by atoms with Crippen LogP contribution in [0, 0.1) is 6.92 Å². The summed E-state index contributed by atoms with van der Waals surface area (Å²) in [6.45, 7) is 0.804. The lowest BCUT2D eigenvalue weighted by Gasteiger charge is -2.15. The fourth-order valence-electron chi connectivity index (χ4n) is 2.41. The van der Waals surface area contributed by atoms with Crippen LogP contribution in [-0.4, -0.2) is 36.9 Å². The Morgan fingerprint density at radius 3 is 2.24 bits per heavy atom. The number of ketones is 2. The number of esters is 1. The van der Waals surface area contributed by atoms with Gasteiger partial charge in [0.05, 0.1) is 5.56 Å². The van der Waals surface area contributed by atoms with Crippen LogP contribution in [0.2, 0.25) is 0 Å². The number of hydrogen-bond acceptors (Lipinski definition) is 6. The quantitative estimate of drug-likeness (QED) is 0.463. The van der Waals surface area contributed by atoms with Gasteiger partial charge in [0.1, 0.15) is 11.5 Å². The molecule has 0 radical (unpaired) electrons. The maximum absolute atomic E-state index is 12.5. The molecule has 0 aliphatic carbocycles. The molecule has 0 heterocycles. The predicted octanol–water partition coefficient (Wildman–Crippen LogP) is 3.99. The Labute approximate surface area is 166 Å². The van der Waals surface area contributed by atoms with Crippen molar-refractivity contribution in [3.05, 3.63) is 59.2 Å². The van der Waals surface area contributed by atoms with Crippen molar-refractivity contribution in [2.24, 2.45) is 0 Å². The third-order valence-electron chi connectivity index (χ3n) is 3.90. The molecule has 2 rings (SSSR count). The first-order valence-electron chi connectivity index (χ1n) is 8.70. The summed E-state index contributed by atoms with van der Waals surface area (Å²) in [5, 5.41) is 0. The zero-order chi connectivity index (χ0) is 21.6. The van der Waals surface area contributed by atoms with E-state index < -0.39 is 31.1 Å². The van der Waals surface area contributed by atoms with Crippen molar-refractivity contribution in [2.45, 2.75) is 33.5 Å². The van der Waals surface area contributed by atoms with E-state index in [4.69, 9.17) is 9.47 Å². The molecule has 29 heavy (non-hydrogen) atoms. The van der Waals surface area contributed by atoms with E-state index in [0.717, 1.165) is 0 Å². The van der Waals surface area contributed by atoms with Gasteiger partial charge in [0.2, 0.25) is 5.78 Å². The van der Waals surface area contributed by atoms with Crippen LogP contribution < -0.4 is 9.47 Å². The largest absolute Gasteiger partial charge is 0.479 e. The number of carbonyl (C=O) groups excluding carboxylic acids is 3. The highest BCUT2D eigenvalue weighted by molar-refractivity contribution is 6.00. The first kappa shape index (κ1) is 22.0. The second-order valence-electron chi connectivity index (χ2n) is 6.25. The van der Waals surface area contributed by atoms with E-state index in [1.165, 1.54) is 44.2 Å². The van der Waals surface area contributed by atoms with E-state index in [9.17, 15) is 23.2 Å². The lowest BCUT2D eigenvalue weighted by molar-refractivity contribution is -0.149. The Morgan fingerprint density at radius 1 is 1.00 bits per heavy atom. The van der Waals surface area contributed by atoms with Crippen molar-refractivity contribution in [3.8, 4) is 11.5 Å². The van der Waals surface area contributed by atoms with Crippen molar-refractivity contribution in [1.82, 2.24) is 0 Å². The predicted molar refractivity (Wildman–Crippen MR) is 99.6 cm³/mol. The highest BCUT2D eigenvalue weighted by Gasteiger charge is 2.21. The van der Waals surface area contributed by atoms with Crippen molar-refractivity contribution >= 4 is 17.5 Å². The Hall–Kier alpha value is -3.29. The summed E-state index contributed by atoms with van der Waals surface area (Å²) in [5.74, 6) is -1.54. The number of aryl methyl sites for hydroxylation is 1. The van der Waals surface area contributed by atoms with Gasteiger partial charge in [0, 0.05) is 5.56 Å². The molecule has 6 nitrogen and oxygen atoms in total. The van der Waals surface area contributed by atoms with E-state index in [2.05, 4.69) is 4.74 Å². The molecular formula is C21H20F2O6. The molecule has 1 unspecified atom stereocenters. The normalized spacial score (nSPS) is 11.7. The second kappa shape index (κ2) is 9.77. The molecule has 0 fully saturated rings. The molecule has 0 saturated carbocycles. The minimum absolute atomic E-state index is 0.103. The number of ether oxygens (including phenoxy) is 3. The highest BCUT2D eigenvalue weighted by atomic mass is 19.3. The molecule has 154 valence electrons. The van der Waals surface area contributed by atoms with Crippen molar-refractivity contribution in [2.75, 3.05) is 6.61 Å². The zero-order valence-corrected chi connectivity index (χ0v) is 16.1. The lowest BCUT2D eigenvalue weighted by atomic mass is 10.1. The van der Waals surface area contributed by atoms with Gasteiger partial charge in [-0.05, 0) is 57.2 Å². The van der Waals surface area contributed by atoms with Crippen LogP contribution in [0.1, 0.15) is 40.1 Å². The number of benzene rings is 2. The van der Waals surface area contributed by atoms with Crippen molar-refractivity contribution in [1.29, 1.82) is 0 Å². The Bertz CT molecular complexity index is 893. The first-order valence-corrected chi connectivity index (χ1v) is 8.70. The monoisotopic (exact) mass is 406 g/mol. The van der Waals surface area contributed by atoms with Crippen molar-refractivity contribution < 1.29 is 37.4 Å². The standard InChI is InChI=1S/C21H20F2O6/c1-12-4-9-19(29-21(22)23)17(10-12)18(25)11-27-20(26)14(3)28-16-7-5-15(6-8-16)13(2)24/h4-10,14,21H,11H2,1-3H3. The Balaban J connectivity index is 1.96. The summed E-state index contributed by atoms with van der Waals surface area (Å²) in [4.78, 5) is 35.7. The van der Waals surface area contributed by atoms with Gasteiger partial charge in [-0.2, -0.15) is 8.78 Å². The molecule has 2 aromatic carbocycles. The van der Waals surface area contributed by atoms with E-state index in [1.807, 2.05) is 0 Å². The van der Waals surface area contributed by atoms with E-state index in [-0.39, 0.29) is 17.1 Å². The number of carbonyl (C=O) groups is 3. The SMILES string of the molecule is CC(=O)c1ccc(OC(C)C(=O)OCC(=O)c2cc(C)ccc2OC(F)F)cc1. The van der Waals surface area contributed by atoms with E-state index >= 15 is 0 Å². The van der Waals surface area contributed by atoms with Crippen LogP contribution in [0.15, 0.2) is 42.5 Å². The molecule has 0 aromatic heterocycles. The lowest BCUT2D eigenvalue weighted by Crippen LogP contribution is -2.28. The van der Waals surface area contributed by atoms with Gasteiger partial charge >= 0.3 is 12.6 Å². The molecule has 0 N–H and O–H groups in total. The van der Waals surface area contributed by atoms with Gasteiger partial charge in [-0.3, -0.25) is 9.59 Å². The minimum Gasteiger partial charge on any atom is -0.479 e. The van der Waals surface area contributed by atoms with Gasteiger partial charge in [-0.15, -0.1) is 0 Å². The molecule has 0 amide bonds. The minimum atomic E-state index is -3.09. The zero-order valence-electron chi connectivity index (χ0n) is 16.1. The summed E-state index contributed by atoms with van der Waals surface area (Å²) in [7, 11) is 0. The molecule has 0 saturated heterocycles. The first-order chi connectivity index (χ1) is 13.7. The summed E-state index contributed by atoms with van der Waals surface area (Å²) >= 11 is 0. The van der Waals surface area contributed by atoms with Crippen LogP contribution in [0.5, 0.6) is 11.5 Å². The van der Waals surface area contributed by atoms with Crippen LogP contribution >= 0.6 is 0 Å². The molecule has 0 spiro atoms. The van der Waals surface area contributed by atoms with Gasteiger partial charge in [0.25, 0.3) is 0 Å². The number of alkyl halides is 2. The molecule has 2 aromatic rings. The number of hydrogen-bond donors (Lipinski definition) is 0. The molecule has 0 aliphatic rings. The molecule has 8 heteroatoms. The number of rotatable bonds is 9. The van der Waals surface area contributed by atoms with E-state index in [1.54, 1.807) is 19.1 Å². The summed E-state index contributed by atoms with van der Waals surface area (Å²) in [5.41, 5.74) is 1.05. The maximum atomic E-state index is 12.5. The van der Waals surface area contributed by atoms with Gasteiger partial charge in [0.15, 0.2) is 18.5 Å². The maximum Gasteiger partial charge on any atom is 0.387 e. The molecule has 0 aliphatic heterocycles. The molecule has 1 atom stereocenters. The van der Waals surface area contributed by atoms with Crippen molar-refractivity contribution in [3.63, 3.8) is 0 Å². The molecular weight excluding hydrogens is 386 g/mol. The van der Waals surface area contributed by atoms with Crippen LogP contribution in [0.4, 0.5) is 8.78 Å². The fourth-order valence-corrected chi connectivity index (χ4v) is 2.41. The number of Topliss-reactive ketones (excluding diaryl/α,β-unsaturated/α-hetero) is 2. The molecule has 0 bridgehead atoms. The average molecular weight is 406 g/mol. The topological polar surface area (TPSA) is 78.9 Å².